The molecule has 1 heterocycles. The highest BCUT2D eigenvalue weighted by Gasteiger charge is 2.29. The van der Waals surface area contributed by atoms with Crippen LogP contribution in [-0.2, 0) is 27.6 Å². The van der Waals surface area contributed by atoms with Gasteiger partial charge in [-0.2, -0.15) is 0 Å². The number of thiophene rings is 1. The van der Waals surface area contributed by atoms with E-state index in [-0.39, 0.29) is 11.5 Å². The first-order valence-corrected chi connectivity index (χ1v) is 11.3. The van der Waals surface area contributed by atoms with E-state index in [0.717, 1.165) is 36.1 Å². The summed E-state index contributed by atoms with van der Waals surface area (Å²) in [6, 6.07) is 6.21. The molecule has 0 atom stereocenters. The van der Waals surface area contributed by atoms with E-state index in [0.29, 0.717) is 22.9 Å². The lowest BCUT2D eigenvalue weighted by atomic mass is 9.95. The number of benzene rings is 1. The number of sulfonamides is 1. The lowest BCUT2D eigenvalue weighted by Gasteiger charge is -2.12. The van der Waals surface area contributed by atoms with Gasteiger partial charge in [-0.15, -0.1) is 11.3 Å². The number of fused-ring (bicyclic) bond motifs is 1. The monoisotopic (exact) mass is 409 g/mol. The summed E-state index contributed by atoms with van der Waals surface area (Å²) in [5, 5.41) is 0.342. The fraction of sp³-hybridized carbons (Fsp3) is 0.421. The van der Waals surface area contributed by atoms with Crippen molar-refractivity contribution in [2.75, 3.05) is 17.9 Å². The topological polar surface area (TPSA) is 81.7 Å². The molecule has 2 aromatic rings. The number of aryl methyl sites for hydroxylation is 1. The number of ether oxygens (including phenoxy) is 2. The molecule has 0 radical (unpaired) electrons. The predicted molar refractivity (Wildman–Crippen MR) is 105 cm³/mol. The maximum atomic E-state index is 12.8. The van der Waals surface area contributed by atoms with Crippen LogP contribution in [0.3, 0.4) is 0 Å². The van der Waals surface area contributed by atoms with Crippen molar-refractivity contribution in [3.05, 3.63) is 40.3 Å². The van der Waals surface area contributed by atoms with Gasteiger partial charge in [-0.05, 0) is 69.4 Å². The van der Waals surface area contributed by atoms with E-state index in [4.69, 9.17) is 9.47 Å². The molecule has 0 bridgehead atoms. The zero-order chi connectivity index (χ0) is 19.4. The lowest BCUT2D eigenvalue weighted by molar-refractivity contribution is 0.0526. The number of nitrogens with one attached hydrogen (secondary N) is 1. The molecule has 3 rings (SSSR count). The second kappa shape index (κ2) is 8.31. The smallest absolute Gasteiger partial charge is 0.341 e. The van der Waals surface area contributed by atoms with Gasteiger partial charge >= 0.3 is 5.97 Å². The summed E-state index contributed by atoms with van der Waals surface area (Å²) in [4.78, 5) is 13.7. The van der Waals surface area contributed by atoms with Crippen LogP contribution in [0.15, 0.2) is 29.2 Å². The van der Waals surface area contributed by atoms with E-state index in [9.17, 15) is 13.2 Å². The molecule has 0 unspecified atom stereocenters. The standard InChI is InChI=1S/C19H23NO5S2/c1-3-24-13-9-11-14(12-10-13)27(22,23)20-18-17(19(21)25-4-2)15-7-5-6-8-16(15)26-18/h9-12,20H,3-8H2,1-2H3. The highest BCUT2D eigenvalue weighted by atomic mass is 32.2. The third-order valence-corrected chi connectivity index (χ3v) is 7.03. The Hall–Kier alpha value is -2.06. The lowest BCUT2D eigenvalue weighted by Crippen LogP contribution is -2.16. The molecule has 0 fully saturated rings. The molecular formula is C19H23NO5S2. The average molecular weight is 410 g/mol. The average Bonchev–Trinajstić information content (AvgIpc) is 2.99. The van der Waals surface area contributed by atoms with Gasteiger partial charge in [0.2, 0.25) is 0 Å². The molecule has 1 aromatic heterocycles. The third-order valence-electron chi connectivity index (χ3n) is 4.32. The van der Waals surface area contributed by atoms with Crippen molar-refractivity contribution in [1.82, 2.24) is 0 Å². The number of carbonyl (C=O) groups excluding carboxylic acids is 1. The zero-order valence-corrected chi connectivity index (χ0v) is 17.0. The van der Waals surface area contributed by atoms with Crippen molar-refractivity contribution < 1.29 is 22.7 Å². The maximum Gasteiger partial charge on any atom is 0.341 e. The van der Waals surface area contributed by atoms with Crippen molar-refractivity contribution in [2.45, 2.75) is 44.4 Å². The molecule has 1 N–H and O–H groups in total. The van der Waals surface area contributed by atoms with Gasteiger partial charge in [-0.25, -0.2) is 13.2 Å². The number of hydrogen-bond acceptors (Lipinski definition) is 6. The zero-order valence-electron chi connectivity index (χ0n) is 15.4. The molecule has 146 valence electrons. The maximum absolute atomic E-state index is 12.8. The quantitative estimate of drug-likeness (QED) is 0.699. The number of hydrogen-bond donors (Lipinski definition) is 1. The molecule has 1 aliphatic rings. The van der Waals surface area contributed by atoms with Gasteiger partial charge in [0.25, 0.3) is 10.0 Å². The molecule has 8 heteroatoms. The molecule has 1 aliphatic carbocycles. The first-order chi connectivity index (χ1) is 13.0. The summed E-state index contributed by atoms with van der Waals surface area (Å²) in [6.45, 7) is 4.35. The summed E-state index contributed by atoms with van der Waals surface area (Å²) in [6.07, 6.45) is 3.66. The van der Waals surface area contributed by atoms with E-state index in [2.05, 4.69) is 4.72 Å². The van der Waals surface area contributed by atoms with E-state index in [1.807, 2.05) is 6.92 Å². The van der Waals surface area contributed by atoms with E-state index >= 15 is 0 Å². The Morgan fingerprint density at radius 3 is 2.48 bits per heavy atom. The van der Waals surface area contributed by atoms with Gasteiger partial charge in [0.1, 0.15) is 10.8 Å². The van der Waals surface area contributed by atoms with Crippen LogP contribution in [0.4, 0.5) is 5.00 Å². The van der Waals surface area contributed by atoms with Crippen LogP contribution in [0.1, 0.15) is 47.5 Å². The van der Waals surface area contributed by atoms with Crippen molar-refractivity contribution in [3.63, 3.8) is 0 Å². The minimum absolute atomic E-state index is 0.118. The Bertz CT molecular complexity index is 916. The van der Waals surface area contributed by atoms with Gasteiger partial charge in [0, 0.05) is 4.88 Å². The molecule has 0 saturated carbocycles. The summed E-state index contributed by atoms with van der Waals surface area (Å²) in [7, 11) is -3.82. The summed E-state index contributed by atoms with van der Waals surface area (Å²) >= 11 is 1.33. The second-order valence-electron chi connectivity index (χ2n) is 6.15. The first kappa shape index (κ1) is 19.7. The molecule has 27 heavy (non-hydrogen) atoms. The Balaban J connectivity index is 1.93. The molecule has 1 aromatic carbocycles. The van der Waals surface area contributed by atoms with Crippen molar-refractivity contribution in [3.8, 4) is 5.75 Å². The van der Waals surface area contributed by atoms with E-state index in [1.165, 1.54) is 23.5 Å². The normalized spacial score (nSPS) is 13.7. The number of carbonyl (C=O) groups is 1. The fourth-order valence-corrected chi connectivity index (χ4v) is 5.70. The van der Waals surface area contributed by atoms with Gasteiger partial charge < -0.3 is 9.47 Å². The van der Waals surface area contributed by atoms with Crippen LogP contribution < -0.4 is 9.46 Å². The summed E-state index contributed by atoms with van der Waals surface area (Å²) < 4.78 is 38.8. The van der Waals surface area contributed by atoms with Crippen LogP contribution in [0, 0.1) is 0 Å². The van der Waals surface area contributed by atoms with Crippen LogP contribution >= 0.6 is 11.3 Å². The molecule has 0 amide bonds. The van der Waals surface area contributed by atoms with Gasteiger partial charge in [-0.3, -0.25) is 4.72 Å². The Kier molecular flexibility index (Phi) is 6.06. The minimum Gasteiger partial charge on any atom is -0.494 e. The highest BCUT2D eigenvalue weighted by molar-refractivity contribution is 7.93. The van der Waals surface area contributed by atoms with E-state index in [1.54, 1.807) is 19.1 Å². The number of rotatable bonds is 7. The Morgan fingerprint density at radius 2 is 1.81 bits per heavy atom. The second-order valence-corrected chi connectivity index (χ2v) is 8.93. The van der Waals surface area contributed by atoms with Crippen molar-refractivity contribution >= 4 is 32.3 Å². The first-order valence-electron chi connectivity index (χ1n) is 9.03. The minimum atomic E-state index is -3.82. The third kappa shape index (κ3) is 4.27. The number of anilines is 1. The number of esters is 1. The SMILES string of the molecule is CCOC(=O)c1c(NS(=O)(=O)c2ccc(OCC)cc2)sc2c1CCCC2. The van der Waals surface area contributed by atoms with E-state index < -0.39 is 16.0 Å². The highest BCUT2D eigenvalue weighted by Crippen LogP contribution is 2.39. The molecule has 6 nitrogen and oxygen atoms in total. The van der Waals surface area contributed by atoms with Crippen molar-refractivity contribution in [1.29, 1.82) is 0 Å². The van der Waals surface area contributed by atoms with Gasteiger partial charge in [0.15, 0.2) is 0 Å². The summed E-state index contributed by atoms with van der Waals surface area (Å²) in [5.41, 5.74) is 1.29. The molecular weight excluding hydrogens is 386 g/mol. The van der Waals surface area contributed by atoms with Crippen LogP contribution in [0.25, 0.3) is 0 Å². The molecule has 0 saturated heterocycles. The molecule has 0 aliphatic heterocycles. The summed E-state index contributed by atoms with van der Waals surface area (Å²) in [5.74, 6) is 0.136. The van der Waals surface area contributed by atoms with Crippen LogP contribution in [0.5, 0.6) is 5.75 Å². The van der Waals surface area contributed by atoms with Crippen LogP contribution in [0.2, 0.25) is 0 Å². The van der Waals surface area contributed by atoms with Gasteiger partial charge in [0.05, 0.1) is 23.7 Å². The predicted octanol–water partition coefficient (Wildman–Crippen LogP) is 4.00. The Labute approximate surface area is 163 Å². The largest absolute Gasteiger partial charge is 0.494 e. The van der Waals surface area contributed by atoms with Crippen molar-refractivity contribution in [2.24, 2.45) is 0 Å². The fourth-order valence-electron chi connectivity index (χ4n) is 3.12. The Morgan fingerprint density at radius 1 is 1.11 bits per heavy atom. The molecule has 0 spiro atoms. The van der Waals surface area contributed by atoms with Gasteiger partial charge in [-0.1, -0.05) is 0 Å². The van der Waals surface area contributed by atoms with Crippen LogP contribution in [-0.4, -0.2) is 27.6 Å².